The van der Waals surface area contributed by atoms with Gasteiger partial charge in [0.15, 0.2) is 0 Å². The second kappa shape index (κ2) is 3.14. The number of carbonyl (C=O) groups excluding carboxylic acids is 1. The average Bonchev–Trinajstić information content (AvgIpc) is 2.44. The summed E-state index contributed by atoms with van der Waals surface area (Å²) < 4.78 is 6.69. The lowest BCUT2D eigenvalue weighted by atomic mass is 10.3. The molecule has 1 aromatic carbocycles. The Morgan fingerprint density at radius 1 is 1.43 bits per heavy atom. The van der Waals surface area contributed by atoms with Crippen LogP contribution >= 0.6 is 0 Å². The third-order valence-corrected chi connectivity index (χ3v) is 1.98. The second-order valence-corrected chi connectivity index (χ2v) is 3.04. The summed E-state index contributed by atoms with van der Waals surface area (Å²) in [5.41, 5.74) is 1.77. The summed E-state index contributed by atoms with van der Waals surface area (Å²) in [6.07, 6.45) is 0. The van der Waals surface area contributed by atoms with Crippen molar-refractivity contribution in [1.82, 2.24) is 9.55 Å². The Morgan fingerprint density at radius 3 is 2.79 bits per heavy atom. The van der Waals surface area contributed by atoms with Gasteiger partial charge in [-0.25, -0.2) is 0 Å². The fourth-order valence-corrected chi connectivity index (χ4v) is 1.34. The van der Waals surface area contributed by atoms with Gasteiger partial charge < -0.3 is 4.74 Å². The Balaban J connectivity index is 2.57. The van der Waals surface area contributed by atoms with Gasteiger partial charge in [0, 0.05) is 14.0 Å². The number of para-hydroxylation sites is 2. The predicted octanol–water partition coefficient (Wildman–Crippen LogP) is 1.50. The van der Waals surface area contributed by atoms with Gasteiger partial charge in [-0.2, -0.15) is 4.98 Å². The van der Waals surface area contributed by atoms with Gasteiger partial charge in [0.2, 0.25) is 0 Å². The summed E-state index contributed by atoms with van der Waals surface area (Å²) in [7, 11) is 1.81. The molecule has 1 heterocycles. The minimum absolute atomic E-state index is 0.332. The Morgan fingerprint density at radius 2 is 2.14 bits per heavy atom. The van der Waals surface area contributed by atoms with Gasteiger partial charge in [0.05, 0.1) is 11.0 Å². The molecule has 0 N–H and O–H groups in total. The van der Waals surface area contributed by atoms with Gasteiger partial charge in [-0.05, 0) is 12.1 Å². The molecule has 0 spiro atoms. The molecule has 14 heavy (non-hydrogen) atoms. The van der Waals surface area contributed by atoms with Crippen molar-refractivity contribution in [3.8, 4) is 6.01 Å². The first-order chi connectivity index (χ1) is 6.68. The van der Waals surface area contributed by atoms with E-state index in [0.717, 1.165) is 11.0 Å². The first-order valence-electron chi connectivity index (χ1n) is 4.28. The van der Waals surface area contributed by atoms with Crippen LogP contribution in [0, 0.1) is 0 Å². The molecule has 0 saturated heterocycles. The van der Waals surface area contributed by atoms with Crippen LogP contribution in [-0.4, -0.2) is 15.5 Å². The number of aromatic nitrogens is 2. The highest BCUT2D eigenvalue weighted by atomic mass is 16.5. The number of hydrogen-bond donors (Lipinski definition) is 0. The number of nitrogens with zero attached hydrogens (tertiary/aromatic N) is 2. The Kier molecular flexibility index (Phi) is 1.96. The van der Waals surface area contributed by atoms with Gasteiger partial charge >= 0.3 is 12.0 Å². The van der Waals surface area contributed by atoms with Crippen molar-refractivity contribution in [2.75, 3.05) is 0 Å². The molecule has 0 aliphatic rings. The average molecular weight is 190 g/mol. The Labute approximate surface area is 81.1 Å². The number of carbonyl (C=O) groups is 1. The maximum Gasteiger partial charge on any atom is 0.310 e. The first-order valence-corrected chi connectivity index (χ1v) is 4.28. The smallest absolute Gasteiger partial charge is 0.310 e. The highest BCUT2D eigenvalue weighted by Gasteiger charge is 2.09. The minimum Gasteiger partial charge on any atom is -0.392 e. The van der Waals surface area contributed by atoms with Crippen LogP contribution in [-0.2, 0) is 11.8 Å². The van der Waals surface area contributed by atoms with Crippen molar-refractivity contribution < 1.29 is 9.53 Å². The molecule has 0 bridgehead atoms. The topological polar surface area (TPSA) is 44.1 Å². The molecular formula is C10H10N2O2. The lowest BCUT2D eigenvalue weighted by Gasteiger charge is -1.99. The SMILES string of the molecule is CC(=O)Oc1nc2ccccc2n1C. The zero-order valence-electron chi connectivity index (χ0n) is 8.02. The molecule has 0 fully saturated rings. The van der Waals surface area contributed by atoms with Crippen molar-refractivity contribution >= 4 is 17.0 Å². The Bertz CT molecular complexity index is 488. The third-order valence-electron chi connectivity index (χ3n) is 1.98. The molecule has 2 rings (SSSR count). The van der Waals surface area contributed by atoms with Crippen LogP contribution in [0.15, 0.2) is 24.3 Å². The third kappa shape index (κ3) is 1.35. The van der Waals surface area contributed by atoms with Gasteiger partial charge in [-0.3, -0.25) is 9.36 Å². The number of fused-ring (bicyclic) bond motifs is 1. The molecule has 0 aliphatic carbocycles. The van der Waals surface area contributed by atoms with Crippen LogP contribution < -0.4 is 4.74 Å². The van der Waals surface area contributed by atoms with E-state index in [4.69, 9.17) is 4.74 Å². The number of hydrogen-bond acceptors (Lipinski definition) is 3. The molecule has 0 atom stereocenters. The number of aryl methyl sites for hydroxylation is 1. The van der Waals surface area contributed by atoms with E-state index in [9.17, 15) is 4.79 Å². The highest BCUT2D eigenvalue weighted by Crippen LogP contribution is 2.18. The fourth-order valence-electron chi connectivity index (χ4n) is 1.34. The first kappa shape index (κ1) is 8.74. The lowest BCUT2D eigenvalue weighted by Crippen LogP contribution is -2.05. The zero-order valence-corrected chi connectivity index (χ0v) is 8.02. The molecule has 0 radical (unpaired) electrons. The maximum absolute atomic E-state index is 10.8. The van der Waals surface area contributed by atoms with Crippen molar-refractivity contribution in [2.24, 2.45) is 7.05 Å². The van der Waals surface area contributed by atoms with E-state index >= 15 is 0 Å². The lowest BCUT2D eigenvalue weighted by molar-refractivity contribution is -0.132. The quantitative estimate of drug-likeness (QED) is 0.640. The molecular weight excluding hydrogens is 180 g/mol. The van der Waals surface area contributed by atoms with Crippen molar-refractivity contribution in [1.29, 1.82) is 0 Å². The van der Waals surface area contributed by atoms with Crippen LogP contribution in [0.25, 0.3) is 11.0 Å². The van der Waals surface area contributed by atoms with Crippen LogP contribution in [0.3, 0.4) is 0 Å². The molecule has 1 aromatic heterocycles. The molecule has 0 aliphatic heterocycles. The molecule has 72 valence electrons. The molecule has 4 heteroatoms. The van der Waals surface area contributed by atoms with Crippen LogP contribution in [0.2, 0.25) is 0 Å². The van der Waals surface area contributed by atoms with Crippen molar-refractivity contribution in [2.45, 2.75) is 6.92 Å². The number of benzene rings is 1. The number of rotatable bonds is 1. The molecule has 0 unspecified atom stereocenters. The Hall–Kier alpha value is -1.84. The molecule has 0 saturated carbocycles. The number of ether oxygens (including phenoxy) is 1. The zero-order chi connectivity index (χ0) is 10.1. The standard InChI is InChI=1S/C10H10N2O2/c1-7(13)14-10-11-8-5-3-4-6-9(8)12(10)2/h3-6H,1-2H3. The highest BCUT2D eigenvalue weighted by molar-refractivity contribution is 5.77. The van der Waals surface area contributed by atoms with Crippen LogP contribution in [0.1, 0.15) is 6.92 Å². The maximum atomic E-state index is 10.8. The summed E-state index contributed by atoms with van der Waals surface area (Å²) in [4.78, 5) is 14.9. The second-order valence-electron chi connectivity index (χ2n) is 3.04. The molecule has 0 amide bonds. The summed E-state index contributed by atoms with van der Waals surface area (Å²) in [5.74, 6) is -0.358. The minimum atomic E-state index is -0.358. The van der Waals surface area contributed by atoms with Crippen molar-refractivity contribution in [3.63, 3.8) is 0 Å². The summed E-state index contributed by atoms with van der Waals surface area (Å²) >= 11 is 0. The van der Waals surface area contributed by atoms with Crippen LogP contribution in [0.4, 0.5) is 0 Å². The van der Waals surface area contributed by atoms with E-state index in [1.165, 1.54) is 6.92 Å². The van der Waals surface area contributed by atoms with Crippen molar-refractivity contribution in [3.05, 3.63) is 24.3 Å². The fraction of sp³-hybridized carbons (Fsp3) is 0.200. The van der Waals surface area contributed by atoms with E-state index in [-0.39, 0.29) is 5.97 Å². The normalized spacial score (nSPS) is 10.4. The van der Waals surface area contributed by atoms with E-state index in [1.807, 2.05) is 31.3 Å². The number of imidazole rings is 1. The van der Waals surface area contributed by atoms with E-state index in [2.05, 4.69) is 4.98 Å². The molecule has 4 nitrogen and oxygen atoms in total. The number of esters is 1. The van der Waals surface area contributed by atoms with E-state index < -0.39 is 0 Å². The monoisotopic (exact) mass is 190 g/mol. The predicted molar refractivity (Wildman–Crippen MR) is 52.0 cm³/mol. The molecule has 2 aromatic rings. The van der Waals surface area contributed by atoms with Gasteiger partial charge in [0.25, 0.3) is 0 Å². The van der Waals surface area contributed by atoms with E-state index in [0.29, 0.717) is 6.01 Å². The van der Waals surface area contributed by atoms with Gasteiger partial charge in [-0.1, -0.05) is 12.1 Å². The largest absolute Gasteiger partial charge is 0.392 e. The summed E-state index contributed by atoms with van der Waals surface area (Å²) in [5, 5.41) is 0. The van der Waals surface area contributed by atoms with Gasteiger partial charge in [-0.15, -0.1) is 0 Å². The van der Waals surface area contributed by atoms with Crippen LogP contribution in [0.5, 0.6) is 6.01 Å². The van der Waals surface area contributed by atoms with Gasteiger partial charge in [0.1, 0.15) is 0 Å². The van der Waals surface area contributed by atoms with E-state index in [1.54, 1.807) is 4.57 Å². The summed E-state index contributed by atoms with van der Waals surface area (Å²) in [6, 6.07) is 7.95. The summed E-state index contributed by atoms with van der Waals surface area (Å²) in [6.45, 7) is 1.36.